The lowest BCUT2D eigenvalue weighted by Crippen LogP contribution is -2.25. The molecule has 0 saturated heterocycles. The SMILES string of the molecule is Cc1ccc(NC(=O)[C@H](C)SCC(=O)Nc2ccc(F)cc2)c(C)c1. The maximum absolute atomic E-state index is 12.8. The quantitative estimate of drug-likeness (QED) is 0.814. The van der Waals surface area contributed by atoms with E-state index in [1.165, 1.54) is 36.0 Å². The first-order valence-corrected chi connectivity index (χ1v) is 8.95. The Balaban J connectivity index is 1.82. The minimum absolute atomic E-state index is 0.138. The molecular weight excluding hydrogens is 339 g/mol. The molecule has 2 N–H and O–H groups in total. The highest BCUT2D eigenvalue weighted by Crippen LogP contribution is 2.19. The summed E-state index contributed by atoms with van der Waals surface area (Å²) in [6.45, 7) is 5.70. The number of thioether (sulfide) groups is 1. The van der Waals surface area contributed by atoms with Gasteiger partial charge in [0.15, 0.2) is 0 Å². The van der Waals surface area contributed by atoms with Gasteiger partial charge in [-0.3, -0.25) is 9.59 Å². The van der Waals surface area contributed by atoms with Crippen LogP contribution in [0.5, 0.6) is 0 Å². The second-order valence-electron chi connectivity index (χ2n) is 5.82. The van der Waals surface area contributed by atoms with Crippen molar-refractivity contribution in [2.45, 2.75) is 26.0 Å². The van der Waals surface area contributed by atoms with Gasteiger partial charge in [0.1, 0.15) is 5.82 Å². The zero-order valence-electron chi connectivity index (χ0n) is 14.4. The summed E-state index contributed by atoms with van der Waals surface area (Å²) < 4.78 is 12.8. The average molecular weight is 360 g/mol. The number of nitrogens with one attached hydrogen (secondary N) is 2. The van der Waals surface area contributed by atoms with Gasteiger partial charge in [-0.1, -0.05) is 17.7 Å². The highest BCUT2D eigenvalue weighted by atomic mass is 32.2. The molecule has 0 fully saturated rings. The zero-order valence-corrected chi connectivity index (χ0v) is 15.2. The van der Waals surface area contributed by atoms with Crippen molar-refractivity contribution in [1.29, 1.82) is 0 Å². The van der Waals surface area contributed by atoms with Gasteiger partial charge >= 0.3 is 0 Å². The lowest BCUT2D eigenvalue weighted by atomic mass is 10.1. The van der Waals surface area contributed by atoms with Gasteiger partial charge < -0.3 is 10.6 Å². The van der Waals surface area contributed by atoms with Gasteiger partial charge in [-0.15, -0.1) is 11.8 Å². The fraction of sp³-hybridized carbons (Fsp3) is 0.263. The molecule has 2 rings (SSSR count). The normalized spacial score (nSPS) is 11.7. The lowest BCUT2D eigenvalue weighted by Gasteiger charge is -2.14. The van der Waals surface area contributed by atoms with Crippen LogP contribution in [0.3, 0.4) is 0 Å². The van der Waals surface area contributed by atoms with E-state index >= 15 is 0 Å². The third-order valence-electron chi connectivity index (χ3n) is 3.60. The van der Waals surface area contributed by atoms with E-state index in [1.807, 2.05) is 32.0 Å². The molecular formula is C19H21FN2O2S. The maximum Gasteiger partial charge on any atom is 0.237 e. The number of hydrogen-bond donors (Lipinski definition) is 2. The van der Waals surface area contributed by atoms with E-state index in [0.717, 1.165) is 16.8 Å². The number of rotatable bonds is 6. The second kappa shape index (κ2) is 8.67. The molecule has 25 heavy (non-hydrogen) atoms. The molecule has 0 spiro atoms. The third kappa shape index (κ3) is 5.90. The molecule has 132 valence electrons. The van der Waals surface area contributed by atoms with E-state index < -0.39 is 0 Å². The Hall–Kier alpha value is -2.34. The van der Waals surface area contributed by atoms with Gasteiger partial charge in [0.25, 0.3) is 0 Å². The van der Waals surface area contributed by atoms with Gasteiger partial charge in [-0.25, -0.2) is 4.39 Å². The van der Waals surface area contributed by atoms with Gasteiger partial charge in [0.2, 0.25) is 11.8 Å². The van der Waals surface area contributed by atoms with Crippen molar-refractivity contribution in [3.8, 4) is 0 Å². The molecule has 2 aromatic carbocycles. The predicted molar refractivity (Wildman–Crippen MR) is 101 cm³/mol. The number of halogens is 1. The molecule has 0 aromatic heterocycles. The van der Waals surface area contributed by atoms with Crippen LogP contribution >= 0.6 is 11.8 Å². The van der Waals surface area contributed by atoms with Gasteiger partial charge in [0, 0.05) is 11.4 Å². The first-order valence-electron chi connectivity index (χ1n) is 7.90. The summed E-state index contributed by atoms with van der Waals surface area (Å²) >= 11 is 1.25. The van der Waals surface area contributed by atoms with Crippen LogP contribution in [0.15, 0.2) is 42.5 Å². The fourth-order valence-electron chi connectivity index (χ4n) is 2.19. The summed E-state index contributed by atoms with van der Waals surface area (Å²) in [6, 6.07) is 11.4. The van der Waals surface area contributed by atoms with Crippen molar-refractivity contribution in [3.05, 3.63) is 59.4 Å². The van der Waals surface area contributed by atoms with Crippen molar-refractivity contribution in [3.63, 3.8) is 0 Å². The first kappa shape index (κ1) is 19.0. The monoisotopic (exact) mass is 360 g/mol. The van der Waals surface area contributed by atoms with Crippen LogP contribution in [-0.2, 0) is 9.59 Å². The van der Waals surface area contributed by atoms with Crippen LogP contribution < -0.4 is 10.6 Å². The molecule has 0 radical (unpaired) electrons. The van der Waals surface area contributed by atoms with Gasteiger partial charge in [0.05, 0.1) is 11.0 Å². The fourth-order valence-corrected chi connectivity index (χ4v) is 2.88. The molecule has 0 aliphatic rings. The van der Waals surface area contributed by atoms with Crippen molar-refractivity contribution >= 4 is 35.0 Å². The van der Waals surface area contributed by atoms with Crippen molar-refractivity contribution in [2.75, 3.05) is 16.4 Å². The molecule has 2 aromatic rings. The number of anilines is 2. The Morgan fingerprint density at radius 2 is 1.76 bits per heavy atom. The molecule has 0 aliphatic heterocycles. The number of carbonyl (C=O) groups is 2. The van der Waals surface area contributed by atoms with E-state index in [-0.39, 0.29) is 28.6 Å². The number of hydrogen-bond acceptors (Lipinski definition) is 3. The van der Waals surface area contributed by atoms with E-state index in [1.54, 1.807) is 6.92 Å². The Morgan fingerprint density at radius 3 is 2.40 bits per heavy atom. The second-order valence-corrected chi connectivity index (χ2v) is 7.15. The average Bonchev–Trinajstić information content (AvgIpc) is 2.57. The summed E-state index contributed by atoms with van der Waals surface area (Å²) in [5.74, 6) is -0.600. The van der Waals surface area contributed by atoms with E-state index in [2.05, 4.69) is 10.6 Å². The Morgan fingerprint density at radius 1 is 1.08 bits per heavy atom. The highest BCUT2D eigenvalue weighted by molar-refractivity contribution is 8.01. The summed E-state index contributed by atoms with van der Waals surface area (Å²) in [5, 5.41) is 5.18. The largest absolute Gasteiger partial charge is 0.325 e. The molecule has 0 heterocycles. The van der Waals surface area contributed by atoms with Gasteiger partial charge in [-0.05, 0) is 56.7 Å². The zero-order chi connectivity index (χ0) is 18.4. The lowest BCUT2D eigenvalue weighted by molar-refractivity contribution is -0.115. The minimum atomic E-state index is -0.375. The predicted octanol–water partition coefficient (Wildman–Crippen LogP) is 4.14. The van der Waals surface area contributed by atoms with E-state index in [0.29, 0.717) is 5.69 Å². The number of amides is 2. The topological polar surface area (TPSA) is 58.2 Å². The summed E-state index contributed by atoms with van der Waals surface area (Å²) in [5.41, 5.74) is 3.44. The van der Waals surface area contributed by atoms with Crippen LogP contribution in [-0.4, -0.2) is 22.8 Å². The number of carbonyl (C=O) groups excluding carboxylic acids is 2. The third-order valence-corrected chi connectivity index (χ3v) is 4.74. The van der Waals surface area contributed by atoms with Gasteiger partial charge in [-0.2, -0.15) is 0 Å². The van der Waals surface area contributed by atoms with Crippen molar-refractivity contribution < 1.29 is 14.0 Å². The number of aryl methyl sites for hydroxylation is 2. The first-order chi connectivity index (χ1) is 11.8. The Labute approximate surface area is 151 Å². The van der Waals surface area contributed by atoms with Crippen LogP contribution in [0.2, 0.25) is 0 Å². The maximum atomic E-state index is 12.8. The Kier molecular flexibility index (Phi) is 6.58. The molecule has 6 heteroatoms. The molecule has 0 unspecified atom stereocenters. The minimum Gasteiger partial charge on any atom is -0.325 e. The van der Waals surface area contributed by atoms with Crippen molar-refractivity contribution in [1.82, 2.24) is 0 Å². The standard InChI is InChI=1S/C19H21FN2O2S/c1-12-4-9-17(13(2)10-12)22-19(24)14(3)25-11-18(23)21-16-7-5-15(20)6-8-16/h4-10,14H,11H2,1-3H3,(H,21,23)(H,22,24)/t14-/m0/s1. The Bertz CT molecular complexity index is 763. The van der Waals surface area contributed by atoms with Crippen LogP contribution in [0.25, 0.3) is 0 Å². The summed E-state index contributed by atoms with van der Waals surface area (Å²) in [6.07, 6.45) is 0. The molecule has 2 amide bonds. The van der Waals surface area contributed by atoms with Crippen molar-refractivity contribution in [2.24, 2.45) is 0 Å². The molecule has 0 bridgehead atoms. The van der Waals surface area contributed by atoms with Crippen LogP contribution in [0.4, 0.5) is 15.8 Å². The summed E-state index contributed by atoms with van der Waals surface area (Å²) in [4.78, 5) is 24.2. The molecule has 0 aliphatic carbocycles. The van der Waals surface area contributed by atoms with Crippen LogP contribution in [0.1, 0.15) is 18.1 Å². The smallest absolute Gasteiger partial charge is 0.237 e. The molecule has 0 saturated carbocycles. The van der Waals surface area contributed by atoms with E-state index in [4.69, 9.17) is 0 Å². The van der Waals surface area contributed by atoms with Crippen LogP contribution in [0, 0.1) is 19.7 Å². The van der Waals surface area contributed by atoms with E-state index in [9.17, 15) is 14.0 Å². The summed E-state index contributed by atoms with van der Waals surface area (Å²) in [7, 11) is 0. The number of benzene rings is 2. The molecule has 4 nitrogen and oxygen atoms in total. The molecule has 1 atom stereocenters. The highest BCUT2D eigenvalue weighted by Gasteiger charge is 2.16.